The molecule has 3 aromatic rings. The van der Waals surface area contributed by atoms with E-state index in [0.29, 0.717) is 25.2 Å². The molecule has 11 heteroatoms. The highest BCUT2D eigenvalue weighted by Gasteiger charge is 2.23. The van der Waals surface area contributed by atoms with Crippen molar-refractivity contribution in [3.05, 3.63) is 44.2 Å². The van der Waals surface area contributed by atoms with Gasteiger partial charge in [-0.3, -0.25) is 4.72 Å². The number of hydrogen-bond donors (Lipinski definition) is 1. The quantitative estimate of drug-likeness (QED) is 0.573. The van der Waals surface area contributed by atoms with Gasteiger partial charge in [0.15, 0.2) is 10.0 Å². The Morgan fingerprint density at radius 3 is 2.61 bits per heavy atom. The van der Waals surface area contributed by atoms with Crippen molar-refractivity contribution < 1.29 is 8.42 Å². The molecule has 0 atom stereocenters. The molecule has 3 rings (SSSR count). The van der Waals surface area contributed by atoms with Crippen molar-refractivity contribution in [2.45, 2.75) is 4.21 Å². The van der Waals surface area contributed by atoms with E-state index >= 15 is 0 Å². The van der Waals surface area contributed by atoms with Gasteiger partial charge in [-0.15, -0.1) is 11.3 Å². The number of rotatable bonds is 4. The molecule has 2 heterocycles. The predicted octanol–water partition coefficient (Wildman–Crippen LogP) is 5.14. The normalized spacial score (nSPS) is 11.6. The summed E-state index contributed by atoms with van der Waals surface area (Å²) in [6.07, 6.45) is 0. The van der Waals surface area contributed by atoms with Crippen LogP contribution in [0.4, 0.5) is 5.13 Å². The number of sulfonamides is 1. The average Bonchev–Trinajstić information content (AvgIpc) is 3.05. The molecule has 2 aromatic heterocycles. The largest absolute Gasteiger partial charge is 0.274 e. The van der Waals surface area contributed by atoms with E-state index in [9.17, 15) is 8.42 Å². The van der Waals surface area contributed by atoms with E-state index < -0.39 is 10.0 Å². The molecule has 23 heavy (non-hydrogen) atoms. The lowest BCUT2D eigenvalue weighted by Crippen LogP contribution is -2.11. The number of halogens is 3. The standard InChI is InChI=1S/C12H6BrCl2N3O2S3/c13-7-5-9(15)21-11(7)23(19,20)18-12-16-10(17-22-12)6-3-1-2-4-8(6)14/h1-5H,(H,16,17,18). The SMILES string of the molecule is O=S(=O)(Nc1nc(-c2ccccc2Cl)ns1)c1sc(Cl)cc1Br. The molecular formula is C12H6BrCl2N3O2S3. The van der Waals surface area contributed by atoms with E-state index in [0.717, 1.165) is 22.9 Å². The monoisotopic (exact) mass is 469 g/mol. The first-order valence-corrected chi connectivity index (χ1v) is 10.6. The van der Waals surface area contributed by atoms with Gasteiger partial charge < -0.3 is 0 Å². The van der Waals surface area contributed by atoms with E-state index in [1.165, 1.54) is 6.07 Å². The molecule has 0 spiro atoms. The Hall–Kier alpha value is -0.710. The van der Waals surface area contributed by atoms with Crippen LogP contribution in [0, 0.1) is 0 Å². The third kappa shape index (κ3) is 3.70. The zero-order valence-electron chi connectivity index (χ0n) is 11.0. The van der Waals surface area contributed by atoms with Crippen LogP contribution < -0.4 is 4.72 Å². The highest BCUT2D eigenvalue weighted by molar-refractivity contribution is 9.10. The van der Waals surface area contributed by atoms with Crippen LogP contribution in [0.5, 0.6) is 0 Å². The molecule has 0 aliphatic carbocycles. The summed E-state index contributed by atoms with van der Waals surface area (Å²) in [5.41, 5.74) is 0.635. The number of nitrogens with zero attached hydrogens (tertiary/aromatic N) is 2. The lowest BCUT2D eigenvalue weighted by atomic mass is 10.2. The van der Waals surface area contributed by atoms with Gasteiger partial charge in [0.05, 0.1) is 13.8 Å². The number of thiophene rings is 1. The molecule has 0 radical (unpaired) electrons. The molecule has 0 aliphatic heterocycles. The summed E-state index contributed by atoms with van der Waals surface area (Å²) in [6.45, 7) is 0. The lowest BCUT2D eigenvalue weighted by Gasteiger charge is -2.02. The van der Waals surface area contributed by atoms with Crippen LogP contribution in [-0.4, -0.2) is 17.8 Å². The number of aromatic nitrogens is 2. The summed E-state index contributed by atoms with van der Waals surface area (Å²) in [4.78, 5) is 4.18. The van der Waals surface area contributed by atoms with Crippen LogP contribution in [0.2, 0.25) is 9.36 Å². The Morgan fingerprint density at radius 2 is 1.96 bits per heavy atom. The van der Waals surface area contributed by atoms with Crippen molar-refractivity contribution in [3.63, 3.8) is 0 Å². The van der Waals surface area contributed by atoms with Crippen LogP contribution in [0.15, 0.2) is 39.0 Å². The van der Waals surface area contributed by atoms with Crippen LogP contribution in [-0.2, 0) is 10.0 Å². The molecular weight excluding hydrogens is 465 g/mol. The minimum Gasteiger partial charge on any atom is -0.253 e. The highest BCUT2D eigenvalue weighted by Crippen LogP contribution is 2.36. The maximum atomic E-state index is 12.4. The Kier molecular flexibility index (Phi) is 4.96. The molecule has 120 valence electrons. The Balaban J connectivity index is 1.90. The highest BCUT2D eigenvalue weighted by atomic mass is 79.9. The molecule has 0 bridgehead atoms. The average molecular weight is 471 g/mol. The van der Waals surface area contributed by atoms with E-state index in [1.807, 2.05) is 0 Å². The van der Waals surface area contributed by atoms with Crippen LogP contribution in [0.25, 0.3) is 11.4 Å². The minimum absolute atomic E-state index is 0.0805. The Bertz CT molecular complexity index is 972. The van der Waals surface area contributed by atoms with Crippen LogP contribution in [0.3, 0.4) is 0 Å². The zero-order valence-corrected chi connectivity index (χ0v) is 16.5. The van der Waals surface area contributed by atoms with Crippen molar-refractivity contribution in [2.75, 3.05) is 4.72 Å². The second-order valence-electron chi connectivity index (χ2n) is 4.19. The summed E-state index contributed by atoms with van der Waals surface area (Å²) in [5, 5.41) is 0.642. The summed E-state index contributed by atoms with van der Waals surface area (Å²) in [6, 6.07) is 8.59. The molecule has 1 N–H and O–H groups in total. The van der Waals surface area contributed by atoms with Gasteiger partial charge in [0.2, 0.25) is 5.13 Å². The van der Waals surface area contributed by atoms with Gasteiger partial charge in [0.25, 0.3) is 10.0 Å². The molecule has 5 nitrogen and oxygen atoms in total. The van der Waals surface area contributed by atoms with Gasteiger partial charge in [-0.2, -0.15) is 9.36 Å². The third-order valence-corrected chi connectivity index (χ3v) is 8.01. The second-order valence-corrected chi connectivity index (χ2v) is 9.77. The van der Waals surface area contributed by atoms with Crippen molar-refractivity contribution in [1.82, 2.24) is 9.36 Å². The minimum atomic E-state index is -3.79. The van der Waals surface area contributed by atoms with Crippen molar-refractivity contribution in [3.8, 4) is 11.4 Å². The fourth-order valence-electron chi connectivity index (χ4n) is 1.69. The van der Waals surface area contributed by atoms with Gasteiger partial charge in [-0.1, -0.05) is 35.3 Å². The van der Waals surface area contributed by atoms with E-state index in [2.05, 4.69) is 30.0 Å². The van der Waals surface area contributed by atoms with Gasteiger partial charge in [0, 0.05) is 17.1 Å². The molecule has 0 saturated carbocycles. The smallest absolute Gasteiger partial charge is 0.253 e. The number of benzene rings is 1. The number of hydrogen-bond acceptors (Lipinski definition) is 6. The maximum Gasteiger partial charge on any atom is 0.274 e. The van der Waals surface area contributed by atoms with Crippen LogP contribution >= 0.6 is 62.0 Å². The third-order valence-electron chi connectivity index (χ3n) is 2.63. The van der Waals surface area contributed by atoms with Gasteiger partial charge >= 0.3 is 0 Å². The number of nitrogens with one attached hydrogen (secondary N) is 1. The second kappa shape index (κ2) is 6.66. The first-order valence-electron chi connectivity index (χ1n) is 5.93. The maximum absolute atomic E-state index is 12.4. The van der Waals surface area contributed by atoms with Gasteiger partial charge in [-0.05, 0) is 34.1 Å². The summed E-state index contributed by atoms with van der Waals surface area (Å²) >= 11 is 17.0. The molecule has 0 aliphatic rings. The number of anilines is 1. The van der Waals surface area contributed by atoms with E-state index in [-0.39, 0.29) is 9.34 Å². The van der Waals surface area contributed by atoms with E-state index in [4.69, 9.17) is 23.2 Å². The molecule has 1 aromatic carbocycles. The first-order chi connectivity index (χ1) is 10.9. The van der Waals surface area contributed by atoms with Crippen molar-refractivity contribution in [2.24, 2.45) is 0 Å². The van der Waals surface area contributed by atoms with Gasteiger partial charge in [-0.25, -0.2) is 8.42 Å². The fourth-order valence-corrected chi connectivity index (χ4v) is 6.72. The molecule has 0 unspecified atom stereocenters. The summed E-state index contributed by atoms with van der Waals surface area (Å²) < 4.78 is 32.1. The molecule has 0 saturated heterocycles. The van der Waals surface area contributed by atoms with Gasteiger partial charge in [0.1, 0.15) is 0 Å². The van der Waals surface area contributed by atoms with Crippen LogP contribution in [0.1, 0.15) is 0 Å². The Labute approximate surface area is 158 Å². The zero-order chi connectivity index (χ0) is 16.6. The van der Waals surface area contributed by atoms with Crippen molar-refractivity contribution >= 4 is 77.2 Å². The molecule has 0 amide bonds. The summed E-state index contributed by atoms with van der Waals surface area (Å²) in [5.74, 6) is 0.363. The van der Waals surface area contributed by atoms with E-state index in [1.54, 1.807) is 24.3 Å². The van der Waals surface area contributed by atoms with Crippen molar-refractivity contribution in [1.29, 1.82) is 0 Å². The lowest BCUT2D eigenvalue weighted by molar-refractivity contribution is 0.603. The predicted molar refractivity (Wildman–Crippen MR) is 98.2 cm³/mol. The Morgan fingerprint density at radius 1 is 1.22 bits per heavy atom. The summed E-state index contributed by atoms with van der Waals surface area (Å²) in [7, 11) is -3.79. The fraction of sp³-hybridized carbons (Fsp3) is 0. The topological polar surface area (TPSA) is 72.0 Å². The first kappa shape index (κ1) is 17.1. The molecule has 0 fully saturated rings.